The first-order valence-electron chi connectivity index (χ1n) is 8.87. The summed E-state index contributed by atoms with van der Waals surface area (Å²) < 4.78 is 5.29. The number of amides is 2. The van der Waals surface area contributed by atoms with Gasteiger partial charge in [0.05, 0.1) is 5.92 Å². The van der Waals surface area contributed by atoms with Gasteiger partial charge in [0.2, 0.25) is 5.91 Å². The van der Waals surface area contributed by atoms with Crippen molar-refractivity contribution in [2.24, 2.45) is 5.92 Å². The van der Waals surface area contributed by atoms with Crippen LogP contribution in [-0.2, 0) is 19.1 Å². The van der Waals surface area contributed by atoms with E-state index >= 15 is 0 Å². The predicted octanol–water partition coefficient (Wildman–Crippen LogP) is 2.92. The summed E-state index contributed by atoms with van der Waals surface area (Å²) in [5.74, 6) is -1.64. The number of hydrogen-bond acceptors (Lipinski definition) is 4. The summed E-state index contributed by atoms with van der Waals surface area (Å²) in [7, 11) is 0. The second kappa shape index (κ2) is 8.03. The number of rotatable bonds is 5. The van der Waals surface area contributed by atoms with Crippen LogP contribution in [0.1, 0.15) is 18.9 Å². The Balaban J connectivity index is 1.57. The monoisotopic (exact) mass is 366 g/mol. The number of anilines is 2. The Morgan fingerprint density at radius 3 is 2.44 bits per heavy atom. The predicted molar refractivity (Wildman–Crippen MR) is 102 cm³/mol. The first kappa shape index (κ1) is 18.6. The molecule has 6 heteroatoms. The third-order valence-corrected chi connectivity index (χ3v) is 4.51. The molecule has 1 fully saturated rings. The minimum absolute atomic E-state index is 0.0831. The summed E-state index contributed by atoms with van der Waals surface area (Å²) in [4.78, 5) is 38.4. The number of carbonyl (C=O) groups excluding carboxylic acids is 3. The van der Waals surface area contributed by atoms with Crippen molar-refractivity contribution in [1.29, 1.82) is 0 Å². The van der Waals surface area contributed by atoms with Gasteiger partial charge >= 0.3 is 5.97 Å². The Morgan fingerprint density at radius 1 is 1.11 bits per heavy atom. The van der Waals surface area contributed by atoms with Crippen LogP contribution in [0.4, 0.5) is 11.4 Å². The smallest absolute Gasteiger partial charge is 0.312 e. The zero-order valence-electron chi connectivity index (χ0n) is 15.3. The number of ether oxygens (including phenoxy) is 1. The third-order valence-electron chi connectivity index (χ3n) is 4.51. The largest absolute Gasteiger partial charge is 0.452 e. The van der Waals surface area contributed by atoms with Gasteiger partial charge in [0.1, 0.15) is 0 Å². The molecule has 27 heavy (non-hydrogen) atoms. The lowest BCUT2D eigenvalue weighted by atomic mass is 10.1. The van der Waals surface area contributed by atoms with Crippen LogP contribution >= 0.6 is 0 Å². The molecule has 0 spiro atoms. The van der Waals surface area contributed by atoms with Crippen molar-refractivity contribution in [2.45, 2.75) is 26.4 Å². The summed E-state index contributed by atoms with van der Waals surface area (Å²) in [5.41, 5.74) is 2.49. The molecule has 0 radical (unpaired) electrons. The number of esters is 1. The zero-order chi connectivity index (χ0) is 19.4. The molecular formula is C21H22N2O4. The fourth-order valence-corrected chi connectivity index (χ4v) is 2.93. The van der Waals surface area contributed by atoms with E-state index in [4.69, 9.17) is 4.74 Å². The van der Waals surface area contributed by atoms with Gasteiger partial charge in [-0.2, -0.15) is 0 Å². The number of nitrogens with zero attached hydrogens (tertiary/aromatic N) is 1. The van der Waals surface area contributed by atoms with Crippen molar-refractivity contribution in [3.05, 3.63) is 60.2 Å². The summed E-state index contributed by atoms with van der Waals surface area (Å²) >= 11 is 0. The fraction of sp³-hybridized carbons (Fsp3) is 0.286. The molecular weight excluding hydrogens is 344 g/mol. The highest BCUT2D eigenvalue weighted by atomic mass is 16.5. The number of nitrogens with one attached hydrogen (secondary N) is 1. The van der Waals surface area contributed by atoms with Crippen LogP contribution in [0.2, 0.25) is 0 Å². The molecule has 0 aliphatic carbocycles. The van der Waals surface area contributed by atoms with Crippen LogP contribution < -0.4 is 10.2 Å². The Morgan fingerprint density at radius 2 is 1.78 bits per heavy atom. The first-order valence-corrected chi connectivity index (χ1v) is 8.87. The first-order chi connectivity index (χ1) is 12.9. The summed E-state index contributed by atoms with van der Waals surface area (Å²) in [5, 5.41) is 2.69. The topological polar surface area (TPSA) is 75.7 Å². The van der Waals surface area contributed by atoms with Crippen molar-refractivity contribution < 1.29 is 19.1 Å². The molecule has 0 saturated carbocycles. The van der Waals surface area contributed by atoms with Crippen molar-refractivity contribution in [3.8, 4) is 0 Å². The molecule has 2 aromatic rings. The number of aryl methyl sites for hydroxylation is 1. The summed E-state index contributed by atoms with van der Waals surface area (Å²) in [6, 6.07) is 16.5. The Hall–Kier alpha value is -3.15. The van der Waals surface area contributed by atoms with E-state index in [1.54, 1.807) is 29.2 Å². The molecule has 6 nitrogen and oxygen atoms in total. The van der Waals surface area contributed by atoms with E-state index in [0.717, 1.165) is 11.3 Å². The van der Waals surface area contributed by atoms with E-state index in [9.17, 15) is 14.4 Å². The Kier molecular flexibility index (Phi) is 5.54. The fourth-order valence-electron chi connectivity index (χ4n) is 2.93. The normalized spacial score (nSPS) is 17.5. The van der Waals surface area contributed by atoms with Gasteiger partial charge in [-0.3, -0.25) is 14.4 Å². The molecule has 1 aliphatic rings. The Labute approximate surface area is 158 Å². The molecule has 1 aliphatic heterocycles. The average Bonchev–Trinajstić information content (AvgIpc) is 3.05. The van der Waals surface area contributed by atoms with Gasteiger partial charge in [0.15, 0.2) is 6.10 Å². The van der Waals surface area contributed by atoms with Crippen LogP contribution in [0.5, 0.6) is 0 Å². The maximum absolute atomic E-state index is 12.4. The lowest BCUT2D eigenvalue weighted by Crippen LogP contribution is -2.33. The average molecular weight is 366 g/mol. The molecule has 0 aromatic heterocycles. The van der Waals surface area contributed by atoms with Crippen molar-refractivity contribution in [1.82, 2.24) is 0 Å². The third kappa shape index (κ3) is 4.53. The molecule has 1 saturated heterocycles. The summed E-state index contributed by atoms with van der Waals surface area (Å²) in [6.45, 7) is 3.75. The van der Waals surface area contributed by atoms with Gasteiger partial charge in [-0.05, 0) is 38.1 Å². The molecule has 2 atom stereocenters. The van der Waals surface area contributed by atoms with E-state index in [-0.39, 0.29) is 18.9 Å². The van der Waals surface area contributed by atoms with Gasteiger partial charge < -0.3 is 15.0 Å². The van der Waals surface area contributed by atoms with Crippen LogP contribution in [0, 0.1) is 12.8 Å². The second-order valence-electron chi connectivity index (χ2n) is 6.68. The highest BCUT2D eigenvalue weighted by Crippen LogP contribution is 2.26. The van der Waals surface area contributed by atoms with Gasteiger partial charge in [0.25, 0.3) is 5.91 Å². The molecule has 2 aromatic carbocycles. The number of benzene rings is 2. The lowest BCUT2D eigenvalue weighted by Gasteiger charge is -2.18. The van der Waals surface area contributed by atoms with Crippen LogP contribution in [0.3, 0.4) is 0 Å². The van der Waals surface area contributed by atoms with Gasteiger partial charge in [0, 0.05) is 24.3 Å². The van der Waals surface area contributed by atoms with E-state index in [1.165, 1.54) is 6.92 Å². The molecule has 1 N–H and O–H groups in total. The molecule has 140 valence electrons. The van der Waals surface area contributed by atoms with Gasteiger partial charge in [-0.1, -0.05) is 35.9 Å². The van der Waals surface area contributed by atoms with Gasteiger partial charge in [-0.25, -0.2) is 0 Å². The quantitative estimate of drug-likeness (QED) is 0.826. The van der Waals surface area contributed by atoms with E-state index < -0.39 is 23.9 Å². The van der Waals surface area contributed by atoms with Crippen molar-refractivity contribution in [3.63, 3.8) is 0 Å². The molecule has 0 bridgehead atoms. The van der Waals surface area contributed by atoms with Crippen LogP contribution in [0.15, 0.2) is 54.6 Å². The molecule has 1 heterocycles. The lowest BCUT2D eigenvalue weighted by molar-refractivity contribution is -0.157. The number of carbonyl (C=O) groups is 3. The maximum Gasteiger partial charge on any atom is 0.312 e. The number of para-hydroxylation sites is 1. The standard InChI is InChI=1S/C21H22N2O4/c1-14-8-10-18(11-9-14)23-13-16(12-19(23)24)21(26)27-15(2)20(25)22-17-6-4-3-5-7-17/h3-11,15-16H,12-13H2,1-2H3,(H,22,25)/t15-,16-/m0/s1. The van der Waals surface area contributed by atoms with Crippen LogP contribution in [0.25, 0.3) is 0 Å². The molecule has 2 amide bonds. The van der Waals surface area contributed by atoms with Crippen LogP contribution in [-0.4, -0.2) is 30.4 Å². The van der Waals surface area contributed by atoms with E-state index in [2.05, 4.69) is 5.32 Å². The number of hydrogen-bond donors (Lipinski definition) is 1. The second-order valence-corrected chi connectivity index (χ2v) is 6.68. The zero-order valence-corrected chi connectivity index (χ0v) is 15.3. The molecule has 0 unspecified atom stereocenters. The maximum atomic E-state index is 12.4. The highest BCUT2D eigenvalue weighted by molar-refractivity contribution is 6.00. The SMILES string of the molecule is Cc1ccc(N2C[C@@H](C(=O)O[C@@H](C)C(=O)Nc3ccccc3)CC2=O)cc1. The van der Waals surface area contributed by atoms with E-state index in [1.807, 2.05) is 37.3 Å². The molecule has 3 rings (SSSR count). The Bertz CT molecular complexity index is 833. The minimum Gasteiger partial charge on any atom is -0.452 e. The van der Waals surface area contributed by atoms with Gasteiger partial charge in [-0.15, -0.1) is 0 Å². The minimum atomic E-state index is -0.943. The van der Waals surface area contributed by atoms with E-state index in [0.29, 0.717) is 5.69 Å². The van der Waals surface area contributed by atoms with Crippen molar-refractivity contribution >= 4 is 29.2 Å². The highest BCUT2D eigenvalue weighted by Gasteiger charge is 2.37. The summed E-state index contributed by atoms with van der Waals surface area (Å²) in [6.07, 6.45) is -0.860. The van der Waals surface area contributed by atoms with Crippen molar-refractivity contribution in [2.75, 3.05) is 16.8 Å².